The molecule has 0 radical (unpaired) electrons. The lowest BCUT2D eigenvalue weighted by Crippen LogP contribution is -2.67. The molecule has 8 nitrogen and oxygen atoms in total. The van der Waals surface area contributed by atoms with Gasteiger partial charge in [0, 0.05) is 6.42 Å². The number of hydrogen-bond acceptors (Lipinski definition) is 6. The highest BCUT2D eigenvalue weighted by Crippen LogP contribution is 2.18. The number of amides is 1. The number of nitrogens with two attached hydrogens (primary N) is 1. The van der Waals surface area contributed by atoms with E-state index in [4.69, 9.17) is 10.5 Å². The number of ether oxygens (including phenoxy) is 1. The number of hydrogen-bond donors (Lipinski definition) is 3. The van der Waals surface area contributed by atoms with Crippen molar-refractivity contribution in [2.24, 2.45) is 11.7 Å². The van der Waals surface area contributed by atoms with Gasteiger partial charge in [-0.25, -0.2) is 13.2 Å². The van der Waals surface area contributed by atoms with Crippen molar-refractivity contribution in [3.05, 3.63) is 66.2 Å². The van der Waals surface area contributed by atoms with Crippen molar-refractivity contribution in [1.29, 1.82) is 0 Å². The van der Waals surface area contributed by atoms with Gasteiger partial charge in [0.1, 0.15) is 6.04 Å². The van der Waals surface area contributed by atoms with Crippen molar-refractivity contribution in [2.45, 2.75) is 43.3 Å². The third-order valence-electron chi connectivity index (χ3n) is 4.58. The first-order chi connectivity index (χ1) is 14.6. The molecular formula is C22H29N3O5S. The first-order valence-corrected chi connectivity index (χ1v) is 11.4. The van der Waals surface area contributed by atoms with Gasteiger partial charge in [-0.2, -0.15) is 4.72 Å². The van der Waals surface area contributed by atoms with Gasteiger partial charge < -0.3 is 15.8 Å². The van der Waals surface area contributed by atoms with Gasteiger partial charge in [0.15, 0.2) is 5.66 Å². The average molecular weight is 448 g/mol. The van der Waals surface area contributed by atoms with E-state index >= 15 is 0 Å². The van der Waals surface area contributed by atoms with Crippen molar-refractivity contribution in [1.82, 2.24) is 10.0 Å². The molecule has 168 valence electrons. The van der Waals surface area contributed by atoms with E-state index in [-0.39, 0.29) is 23.7 Å². The lowest BCUT2D eigenvalue weighted by atomic mass is 9.97. The molecule has 0 heterocycles. The molecule has 0 saturated carbocycles. The van der Waals surface area contributed by atoms with E-state index in [1.54, 1.807) is 18.2 Å². The fourth-order valence-corrected chi connectivity index (χ4v) is 4.48. The molecular weight excluding hydrogens is 418 g/mol. The molecule has 31 heavy (non-hydrogen) atoms. The Bertz CT molecular complexity index is 981. The van der Waals surface area contributed by atoms with E-state index in [1.165, 1.54) is 19.2 Å². The SMILES string of the molecule is COC(=O)C(Cc1ccccc1)NC(=O)C(N)(CC(C)C)NS(=O)(=O)c1ccccc1. The molecule has 0 spiro atoms. The third-order valence-corrected chi connectivity index (χ3v) is 6.10. The molecule has 0 bridgehead atoms. The van der Waals surface area contributed by atoms with Crippen LogP contribution in [0.5, 0.6) is 0 Å². The quantitative estimate of drug-likeness (QED) is 0.375. The molecule has 0 saturated heterocycles. The summed E-state index contributed by atoms with van der Waals surface area (Å²) < 4.78 is 32.8. The van der Waals surface area contributed by atoms with Gasteiger partial charge >= 0.3 is 5.97 Å². The first kappa shape index (κ1) is 24.5. The summed E-state index contributed by atoms with van der Waals surface area (Å²) in [5, 5.41) is 2.57. The van der Waals surface area contributed by atoms with E-state index in [0.717, 1.165) is 5.56 Å². The summed E-state index contributed by atoms with van der Waals surface area (Å²) in [5.41, 5.74) is 5.13. The maximum atomic E-state index is 13.2. The van der Waals surface area contributed by atoms with E-state index < -0.39 is 33.6 Å². The molecule has 0 aliphatic rings. The molecule has 0 aliphatic heterocycles. The highest BCUT2D eigenvalue weighted by atomic mass is 32.2. The van der Waals surface area contributed by atoms with Crippen molar-refractivity contribution in [3.63, 3.8) is 0 Å². The zero-order valence-electron chi connectivity index (χ0n) is 17.9. The zero-order chi connectivity index (χ0) is 23.1. The fraction of sp³-hybridized carbons (Fsp3) is 0.364. The smallest absolute Gasteiger partial charge is 0.328 e. The van der Waals surface area contributed by atoms with Gasteiger partial charge in [-0.1, -0.05) is 62.4 Å². The van der Waals surface area contributed by atoms with Crippen LogP contribution in [0.4, 0.5) is 0 Å². The van der Waals surface area contributed by atoms with Crippen LogP contribution < -0.4 is 15.8 Å². The van der Waals surface area contributed by atoms with Crippen LogP contribution in [0.1, 0.15) is 25.8 Å². The van der Waals surface area contributed by atoms with Crippen LogP contribution >= 0.6 is 0 Å². The topological polar surface area (TPSA) is 128 Å². The summed E-state index contributed by atoms with van der Waals surface area (Å²) in [6, 6.07) is 15.7. The number of benzene rings is 2. The Balaban J connectivity index is 2.30. The Hall–Kier alpha value is -2.75. The Morgan fingerprint density at radius 2 is 1.58 bits per heavy atom. The first-order valence-electron chi connectivity index (χ1n) is 9.88. The second-order valence-corrected chi connectivity index (χ2v) is 9.41. The minimum Gasteiger partial charge on any atom is -0.467 e. The highest BCUT2D eigenvalue weighted by molar-refractivity contribution is 7.89. The number of rotatable bonds is 10. The number of sulfonamides is 1. The number of esters is 1. The number of nitrogens with one attached hydrogen (secondary N) is 2. The Kier molecular flexibility index (Phi) is 8.32. The lowest BCUT2D eigenvalue weighted by molar-refractivity contribution is -0.145. The van der Waals surface area contributed by atoms with Crippen LogP contribution in [0, 0.1) is 5.92 Å². The van der Waals surface area contributed by atoms with Crippen LogP contribution in [0.2, 0.25) is 0 Å². The molecule has 2 rings (SSSR count). The zero-order valence-corrected chi connectivity index (χ0v) is 18.7. The molecule has 2 atom stereocenters. The monoisotopic (exact) mass is 447 g/mol. The third kappa shape index (κ3) is 6.88. The minimum absolute atomic E-state index is 0.0180. The molecule has 0 fully saturated rings. The summed E-state index contributed by atoms with van der Waals surface area (Å²) in [4.78, 5) is 25.4. The maximum absolute atomic E-state index is 13.2. The molecule has 0 aliphatic carbocycles. The van der Waals surface area contributed by atoms with Crippen molar-refractivity contribution >= 4 is 21.9 Å². The highest BCUT2D eigenvalue weighted by Gasteiger charge is 2.41. The Labute approximate surface area is 183 Å². The summed E-state index contributed by atoms with van der Waals surface area (Å²) in [6.07, 6.45) is 0.187. The number of carbonyl (C=O) groups is 2. The van der Waals surface area contributed by atoms with Gasteiger partial charge in [-0.15, -0.1) is 0 Å². The summed E-state index contributed by atoms with van der Waals surface area (Å²) >= 11 is 0. The van der Waals surface area contributed by atoms with Crippen LogP contribution in [0.15, 0.2) is 65.6 Å². The van der Waals surface area contributed by atoms with E-state index in [9.17, 15) is 18.0 Å². The number of methoxy groups -OCH3 is 1. The minimum atomic E-state index is -4.08. The second-order valence-electron chi connectivity index (χ2n) is 7.73. The van der Waals surface area contributed by atoms with Gasteiger partial charge in [-0.05, 0) is 30.0 Å². The van der Waals surface area contributed by atoms with Gasteiger partial charge in [-0.3, -0.25) is 4.79 Å². The van der Waals surface area contributed by atoms with Crippen LogP contribution in [0.25, 0.3) is 0 Å². The molecule has 2 aromatic rings. The van der Waals surface area contributed by atoms with E-state index in [0.29, 0.717) is 0 Å². The second kappa shape index (κ2) is 10.5. The average Bonchev–Trinajstić information content (AvgIpc) is 2.73. The summed E-state index contributed by atoms with van der Waals surface area (Å²) in [7, 11) is -2.86. The van der Waals surface area contributed by atoms with Crippen molar-refractivity contribution < 1.29 is 22.7 Å². The fourth-order valence-electron chi connectivity index (χ4n) is 3.20. The largest absolute Gasteiger partial charge is 0.467 e. The Morgan fingerprint density at radius 1 is 1.03 bits per heavy atom. The maximum Gasteiger partial charge on any atom is 0.328 e. The van der Waals surface area contributed by atoms with Crippen molar-refractivity contribution in [3.8, 4) is 0 Å². The Morgan fingerprint density at radius 3 is 2.10 bits per heavy atom. The van der Waals surface area contributed by atoms with Gasteiger partial charge in [0.05, 0.1) is 12.0 Å². The van der Waals surface area contributed by atoms with Crippen molar-refractivity contribution in [2.75, 3.05) is 7.11 Å². The lowest BCUT2D eigenvalue weighted by Gasteiger charge is -2.32. The molecule has 4 N–H and O–H groups in total. The molecule has 0 aromatic heterocycles. The van der Waals surface area contributed by atoms with Crippen LogP contribution in [-0.4, -0.2) is 39.1 Å². The van der Waals surface area contributed by atoms with Gasteiger partial charge in [0.2, 0.25) is 10.0 Å². The van der Waals surface area contributed by atoms with E-state index in [1.807, 2.05) is 44.2 Å². The molecule has 1 amide bonds. The normalized spacial score (nSPS) is 14.5. The van der Waals surface area contributed by atoms with Crippen LogP contribution in [0.3, 0.4) is 0 Å². The summed E-state index contributed by atoms with van der Waals surface area (Å²) in [5.74, 6) is -1.58. The van der Waals surface area contributed by atoms with E-state index in [2.05, 4.69) is 10.0 Å². The van der Waals surface area contributed by atoms with Crippen LogP contribution in [-0.2, 0) is 30.8 Å². The predicted octanol–water partition coefficient (Wildman–Crippen LogP) is 1.57. The van der Waals surface area contributed by atoms with Gasteiger partial charge in [0.25, 0.3) is 5.91 Å². The number of carbonyl (C=O) groups excluding carboxylic acids is 2. The molecule has 9 heteroatoms. The standard InChI is InChI=1S/C22H29N3O5S/c1-16(2)15-22(23,25-31(28,29)18-12-8-5-9-13-18)21(27)24-19(20(26)30-3)14-17-10-6-4-7-11-17/h4-13,16,19,25H,14-15,23H2,1-3H3,(H,24,27). The summed E-state index contributed by atoms with van der Waals surface area (Å²) in [6.45, 7) is 3.63. The predicted molar refractivity (Wildman–Crippen MR) is 117 cm³/mol. The molecule has 2 aromatic carbocycles. The molecule has 2 unspecified atom stereocenters.